The van der Waals surface area contributed by atoms with E-state index in [1.54, 1.807) is 6.07 Å². The first-order valence-electron chi connectivity index (χ1n) is 6.01. The van der Waals surface area contributed by atoms with Gasteiger partial charge in [-0.25, -0.2) is 4.39 Å². The summed E-state index contributed by atoms with van der Waals surface area (Å²) in [6.45, 7) is 1.33. The van der Waals surface area contributed by atoms with E-state index in [9.17, 15) is 4.39 Å². The lowest BCUT2D eigenvalue weighted by Crippen LogP contribution is -2.21. The van der Waals surface area contributed by atoms with E-state index in [1.165, 1.54) is 23.5 Å². The van der Waals surface area contributed by atoms with Gasteiger partial charge in [0.1, 0.15) is 11.7 Å². The lowest BCUT2D eigenvalue weighted by Gasteiger charge is -2.18. The number of rotatable bonds is 5. The maximum absolute atomic E-state index is 13.2. The third kappa shape index (κ3) is 3.79. The fourth-order valence-corrected chi connectivity index (χ4v) is 3.15. The van der Waals surface area contributed by atoms with Crippen LogP contribution in [0.1, 0.15) is 16.0 Å². The summed E-state index contributed by atoms with van der Waals surface area (Å²) in [5.41, 5.74) is 6.78. The number of nitrogen functional groups attached to an aromatic ring is 1. The number of hydrogen-bond acceptors (Lipinski definition) is 3. The molecule has 1 heterocycles. The Kier molecular flexibility index (Phi) is 4.75. The Hall–Kier alpha value is -1.43. The van der Waals surface area contributed by atoms with E-state index in [2.05, 4.69) is 4.90 Å². The Balaban J connectivity index is 2.11. The number of nitrogens with one attached hydrogen (secondary N) is 1. The Morgan fingerprint density at radius 1 is 1.35 bits per heavy atom. The molecule has 2 aromatic rings. The highest BCUT2D eigenvalue weighted by atomic mass is 35.5. The van der Waals surface area contributed by atoms with Crippen LogP contribution in [0.15, 0.2) is 30.3 Å². The highest BCUT2D eigenvalue weighted by molar-refractivity contribution is 7.16. The number of nitrogens with zero attached hydrogens (tertiary/aromatic N) is 1. The molecule has 20 heavy (non-hydrogen) atoms. The van der Waals surface area contributed by atoms with E-state index < -0.39 is 0 Å². The fourth-order valence-electron chi connectivity index (χ4n) is 1.99. The van der Waals surface area contributed by atoms with Gasteiger partial charge in [-0.15, -0.1) is 11.3 Å². The first kappa shape index (κ1) is 15.0. The molecule has 0 unspecified atom stereocenters. The van der Waals surface area contributed by atoms with Crippen molar-refractivity contribution in [2.45, 2.75) is 13.1 Å². The SMILES string of the molecule is CN(Cc1ccc(Cl)s1)Cc1ccc(F)cc1C(=N)N. The normalized spacial score (nSPS) is 11.0. The molecule has 0 amide bonds. The second-order valence-electron chi connectivity index (χ2n) is 4.59. The summed E-state index contributed by atoms with van der Waals surface area (Å²) in [5.74, 6) is -0.501. The zero-order chi connectivity index (χ0) is 14.7. The first-order chi connectivity index (χ1) is 9.45. The fraction of sp³-hybridized carbons (Fsp3) is 0.214. The lowest BCUT2D eigenvalue weighted by molar-refractivity contribution is 0.321. The van der Waals surface area contributed by atoms with Crippen LogP contribution in [-0.4, -0.2) is 17.8 Å². The summed E-state index contributed by atoms with van der Waals surface area (Å²) in [7, 11) is 1.96. The first-order valence-corrected chi connectivity index (χ1v) is 7.20. The van der Waals surface area contributed by atoms with Crippen LogP contribution in [0.5, 0.6) is 0 Å². The maximum Gasteiger partial charge on any atom is 0.123 e. The lowest BCUT2D eigenvalue weighted by atomic mass is 10.1. The maximum atomic E-state index is 13.2. The van der Waals surface area contributed by atoms with Crippen LogP contribution >= 0.6 is 22.9 Å². The molecule has 3 nitrogen and oxygen atoms in total. The van der Waals surface area contributed by atoms with Crippen LogP contribution < -0.4 is 5.73 Å². The van der Waals surface area contributed by atoms with E-state index in [4.69, 9.17) is 22.7 Å². The second-order valence-corrected chi connectivity index (χ2v) is 6.39. The smallest absolute Gasteiger partial charge is 0.123 e. The molecule has 0 aliphatic carbocycles. The summed E-state index contributed by atoms with van der Waals surface area (Å²) in [5, 5.41) is 7.52. The molecule has 0 saturated heterocycles. The van der Waals surface area contributed by atoms with Crippen molar-refractivity contribution in [2.75, 3.05) is 7.05 Å². The Morgan fingerprint density at radius 2 is 2.10 bits per heavy atom. The minimum Gasteiger partial charge on any atom is -0.384 e. The zero-order valence-corrected chi connectivity index (χ0v) is 12.6. The summed E-state index contributed by atoms with van der Waals surface area (Å²) < 4.78 is 14.0. The van der Waals surface area contributed by atoms with E-state index in [1.807, 2.05) is 19.2 Å². The van der Waals surface area contributed by atoms with Gasteiger partial charge in [0.15, 0.2) is 0 Å². The van der Waals surface area contributed by atoms with Crippen LogP contribution in [0.25, 0.3) is 0 Å². The van der Waals surface area contributed by atoms with Gasteiger partial charge in [0.25, 0.3) is 0 Å². The number of halogens is 2. The average Bonchev–Trinajstić information content (AvgIpc) is 2.76. The standard InChI is InChI=1S/C14H15ClFN3S/c1-19(8-11-4-5-13(15)20-11)7-9-2-3-10(16)6-12(9)14(17)18/h2-6H,7-8H2,1H3,(H3,17,18). The number of hydrogen-bond donors (Lipinski definition) is 2. The van der Waals surface area contributed by atoms with Crippen molar-refractivity contribution in [3.8, 4) is 0 Å². The van der Waals surface area contributed by atoms with E-state index in [-0.39, 0.29) is 11.7 Å². The third-order valence-corrected chi connectivity index (χ3v) is 4.07. The predicted molar refractivity (Wildman–Crippen MR) is 81.9 cm³/mol. The highest BCUT2D eigenvalue weighted by Crippen LogP contribution is 2.23. The van der Waals surface area contributed by atoms with Gasteiger partial charge in [-0.3, -0.25) is 10.3 Å². The largest absolute Gasteiger partial charge is 0.384 e. The van der Waals surface area contributed by atoms with Gasteiger partial charge < -0.3 is 5.73 Å². The van der Waals surface area contributed by atoms with E-state index >= 15 is 0 Å². The molecule has 0 aliphatic rings. The van der Waals surface area contributed by atoms with Crippen molar-refractivity contribution in [1.82, 2.24) is 4.90 Å². The monoisotopic (exact) mass is 311 g/mol. The molecule has 0 radical (unpaired) electrons. The zero-order valence-electron chi connectivity index (χ0n) is 11.0. The van der Waals surface area contributed by atoms with E-state index in [0.717, 1.165) is 21.3 Å². The quantitative estimate of drug-likeness (QED) is 0.656. The Morgan fingerprint density at radius 3 is 2.70 bits per heavy atom. The molecule has 0 atom stereocenters. The van der Waals surface area contributed by atoms with Crippen molar-refractivity contribution >= 4 is 28.8 Å². The Bertz CT molecular complexity index is 627. The van der Waals surface area contributed by atoms with Gasteiger partial charge in [-0.05, 0) is 36.9 Å². The van der Waals surface area contributed by atoms with E-state index in [0.29, 0.717) is 12.1 Å². The van der Waals surface area contributed by atoms with Crippen molar-refractivity contribution < 1.29 is 4.39 Å². The number of amidine groups is 1. The van der Waals surface area contributed by atoms with Crippen LogP contribution in [0.3, 0.4) is 0 Å². The topological polar surface area (TPSA) is 53.1 Å². The third-order valence-electron chi connectivity index (χ3n) is 2.86. The molecule has 6 heteroatoms. The molecule has 0 bridgehead atoms. The summed E-state index contributed by atoms with van der Waals surface area (Å²) >= 11 is 7.44. The van der Waals surface area contributed by atoms with Gasteiger partial charge in [-0.2, -0.15) is 0 Å². The van der Waals surface area contributed by atoms with Crippen molar-refractivity contribution in [2.24, 2.45) is 5.73 Å². The number of benzene rings is 1. The molecule has 0 fully saturated rings. The summed E-state index contributed by atoms with van der Waals surface area (Å²) in [6.07, 6.45) is 0. The molecule has 106 valence electrons. The van der Waals surface area contributed by atoms with Crippen molar-refractivity contribution in [1.29, 1.82) is 5.41 Å². The average molecular weight is 312 g/mol. The molecule has 0 aliphatic heterocycles. The van der Waals surface area contributed by atoms with Gasteiger partial charge in [0.2, 0.25) is 0 Å². The Labute approximate surface area is 126 Å². The predicted octanol–water partition coefficient (Wildman–Crippen LogP) is 3.46. The van der Waals surface area contributed by atoms with Gasteiger partial charge >= 0.3 is 0 Å². The molecular formula is C14H15ClFN3S. The molecule has 0 spiro atoms. The minimum absolute atomic E-state index is 0.118. The molecular weight excluding hydrogens is 297 g/mol. The second kappa shape index (κ2) is 6.35. The minimum atomic E-state index is -0.383. The summed E-state index contributed by atoms with van der Waals surface area (Å²) in [4.78, 5) is 3.23. The molecule has 1 aromatic heterocycles. The molecule has 1 aromatic carbocycles. The number of nitrogens with two attached hydrogens (primary N) is 1. The van der Waals surface area contributed by atoms with Gasteiger partial charge in [-0.1, -0.05) is 17.7 Å². The molecule has 2 rings (SSSR count). The summed E-state index contributed by atoms with van der Waals surface area (Å²) in [6, 6.07) is 8.21. The van der Waals surface area contributed by atoms with Crippen molar-refractivity contribution in [3.05, 3.63) is 56.5 Å². The van der Waals surface area contributed by atoms with Crippen LogP contribution in [-0.2, 0) is 13.1 Å². The van der Waals surface area contributed by atoms with Crippen LogP contribution in [0, 0.1) is 11.2 Å². The highest BCUT2D eigenvalue weighted by Gasteiger charge is 2.10. The molecule has 3 N–H and O–H groups in total. The van der Waals surface area contributed by atoms with Crippen LogP contribution in [0.4, 0.5) is 4.39 Å². The van der Waals surface area contributed by atoms with Crippen molar-refractivity contribution in [3.63, 3.8) is 0 Å². The van der Waals surface area contributed by atoms with Gasteiger partial charge in [0, 0.05) is 23.5 Å². The number of thiophene rings is 1. The van der Waals surface area contributed by atoms with Crippen LogP contribution in [0.2, 0.25) is 4.34 Å². The van der Waals surface area contributed by atoms with Gasteiger partial charge in [0.05, 0.1) is 4.34 Å². The molecule has 0 saturated carbocycles.